The van der Waals surface area contributed by atoms with Gasteiger partial charge in [-0.25, -0.2) is 4.98 Å². The Labute approximate surface area is 128 Å². The van der Waals surface area contributed by atoms with Crippen molar-refractivity contribution in [2.24, 2.45) is 5.92 Å². The van der Waals surface area contributed by atoms with Crippen molar-refractivity contribution in [3.05, 3.63) is 11.0 Å². The first-order valence-electron chi connectivity index (χ1n) is 7.16. The van der Waals surface area contributed by atoms with E-state index in [1.807, 2.05) is 4.90 Å². The van der Waals surface area contributed by atoms with Gasteiger partial charge in [0.05, 0.1) is 11.8 Å². The van der Waals surface area contributed by atoms with Crippen LogP contribution in [0.4, 0.5) is 11.5 Å². The van der Waals surface area contributed by atoms with Gasteiger partial charge in [0.1, 0.15) is 11.7 Å². The molecule has 0 aromatic carbocycles. The van der Waals surface area contributed by atoms with Crippen molar-refractivity contribution >= 4 is 29.0 Å². The van der Waals surface area contributed by atoms with E-state index in [0.29, 0.717) is 24.6 Å². The third-order valence-electron chi connectivity index (χ3n) is 3.96. The van der Waals surface area contributed by atoms with Crippen LogP contribution in [0.1, 0.15) is 26.0 Å². The summed E-state index contributed by atoms with van der Waals surface area (Å²) in [7, 11) is 1.67. The predicted octanol–water partition coefficient (Wildman–Crippen LogP) is 1.87. The van der Waals surface area contributed by atoms with Gasteiger partial charge in [-0.3, -0.25) is 4.79 Å². The van der Waals surface area contributed by atoms with E-state index in [-0.39, 0.29) is 23.3 Å². The highest BCUT2D eigenvalue weighted by Crippen LogP contribution is 2.38. The molecule has 1 aromatic heterocycles. The molecule has 0 aliphatic carbocycles. The highest BCUT2D eigenvalue weighted by atomic mass is 35.5. The van der Waals surface area contributed by atoms with Crippen LogP contribution >= 0.6 is 11.6 Å². The Morgan fingerprint density at radius 3 is 2.90 bits per heavy atom. The molecule has 6 nitrogen and oxygen atoms in total. The molecule has 0 spiro atoms. The number of amides is 1. The fraction of sp³-hybridized carbons (Fsp3) is 0.643. The van der Waals surface area contributed by atoms with E-state index in [0.717, 1.165) is 17.9 Å². The fourth-order valence-corrected chi connectivity index (χ4v) is 3.17. The average Bonchev–Trinajstić information content (AvgIpc) is 2.85. The molecular weight excluding hydrogens is 292 g/mol. The van der Waals surface area contributed by atoms with Gasteiger partial charge in [0.2, 0.25) is 11.2 Å². The highest BCUT2D eigenvalue weighted by Gasteiger charge is 2.43. The molecule has 7 heteroatoms. The Balaban J connectivity index is 2.04. The van der Waals surface area contributed by atoms with E-state index in [1.54, 1.807) is 7.11 Å². The Bertz CT molecular complexity index is 578. The number of methoxy groups -OCH3 is 1. The first-order valence-corrected chi connectivity index (χ1v) is 7.54. The smallest absolute Gasteiger partial charge is 0.247 e. The van der Waals surface area contributed by atoms with E-state index in [4.69, 9.17) is 16.3 Å². The maximum absolute atomic E-state index is 12.3. The SMILES string of the molecule is COC1CC2C(=O)Nc3c(CC(C)C)nc(Cl)nc3N2C1. The molecule has 0 saturated carbocycles. The second-order valence-electron chi connectivity index (χ2n) is 5.99. The molecule has 1 N–H and O–H groups in total. The number of nitrogens with one attached hydrogen (secondary N) is 1. The van der Waals surface area contributed by atoms with Crippen LogP contribution in [-0.4, -0.2) is 41.7 Å². The molecule has 2 atom stereocenters. The van der Waals surface area contributed by atoms with Crippen LogP contribution < -0.4 is 10.2 Å². The minimum atomic E-state index is -0.236. The number of carbonyl (C=O) groups excluding carboxylic acids is 1. The zero-order chi connectivity index (χ0) is 15.1. The van der Waals surface area contributed by atoms with Crippen LogP contribution in [0.3, 0.4) is 0 Å². The van der Waals surface area contributed by atoms with Gasteiger partial charge < -0.3 is 15.0 Å². The maximum Gasteiger partial charge on any atom is 0.247 e. The predicted molar refractivity (Wildman–Crippen MR) is 80.8 cm³/mol. The Morgan fingerprint density at radius 1 is 1.48 bits per heavy atom. The number of fused-ring (bicyclic) bond motifs is 3. The number of hydrogen-bond acceptors (Lipinski definition) is 5. The number of carbonyl (C=O) groups is 1. The lowest BCUT2D eigenvalue weighted by Crippen LogP contribution is -2.45. The minimum Gasteiger partial charge on any atom is -0.380 e. The van der Waals surface area contributed by atoms with E-state index in [9.17, 15) is 4.79 Å². The molecule has 0 radical (unpaired) electrons. The van der Waals surface area contributed by atoms with Crippen molar-refractivity contribution in [1.29, 1.82) is 0 Å². The second-order valence-corrected chi connectivity index (χ2v) is 6.32. The Kier molecular flexibility index (Phi) is 3.75. The van der Waals surface area contributed by atoms with Gasteiger partial charge in [-0.2, -0.15) is 4.98 Å². The van der Waals surface area contributed by atoms with Crippen LogP contribution in [0.25, 0.3) is 0 Å². The van der Waals surface area contributed by atoms with Crippen molar-refractivity contribution in [2.45, 2.75) is 38.8 Å². The molecule has 3 heterocycles. The van der Waals surface area contributed by atoms with Crippen LogP contribution in [-0.2, 0) is 16.0 Å². The monoisotopic (exact) mass is 310 g/mol. The summed E-state index contributed by atoms with van der Waals surface area (Å²) < 4.78 is 5.39. The molecule has 1 saturated heterocycles. The molecule has 0 bridgehead atoms. The number of nitrogens with zero attached hydrogens (tertiary/aromatic N) is 3. The van der Waals surface area contributed by atoms with Gasteiger partial charge in [0.15, 0.2) is 5.82 Å². The van der Waals surface area contributed by atoms with Gasteiger partial charge >= 0.3 is 0 Å². The minimum absolute atomic E-state index is 0.0158. The Hall–Kier alpha value is -1.40. The van der Waals surface area contributed by atoms with Crippen molar-refractivity contribution < 1.29 is 9.53 Å². The molecule has 2 unspecified atom stereocenters. The molecular formula is C14H19ClN4O2. The largest absolute Gasteiger partial charge is 0.380 e. The van der Waals surface area contributed by atoms with Gasteiger partial charge in [-0.15, -0.1) is 0 Å². The first kappa shape index (κ1) is 14.5. The van der Waals surface area contributed by atoms with Crippen LogP contribution in [0.15, 0.2) is 0 Å². The summed E-state index contributed by atoms with van der Waals surface area (Å²) in [5.41, 5.74) is 1.50. The number of anilines is 2. The van der Waals surface area contributed by atoms with E-state index in [1.165, 1.54) is 0 Å². The molecule has 1 amide bonds. The van der Waals surface area contributed by atoms with Crippen LogP contribution in [0, 0.1) is 5.92 Å². The standard InChI is InChI=1S/C14H19ClN4O2/c1-7(2)4-9-11-12(18-14(15)16-9)19-6-8(21-3)5-10(19)13(20)17-11/h7-8,10H,4-6H2,1-3H3,(H,17,20). The van der Waals surface area contributed by atoms with Crippen molar-refractivity contribution in [3.8, 4) is 0 Å². The third kappa shape index (κ3) is 2.58. The molecule has 21 heavy (non-hydrogen) atoms. The van der Waals surface area contributed by atoms with E-state index in [2.05, 4.69) is 29.1 Å². The molecule has 1 aromatic rings. The van der Waals surface area contributed by atoms with Crippen LogP contribution in [0.2, 0.25) is 5.28 Å². The first-order chi connectivity index (χ1) is 9.99. The summed E-state index contributed by atoms with van der Waals surface area (Å²) in [6, 6.07) is -0.236. The van der Waals surface area contributed by atoms with Gasteiger partial charge in [-0.1, -0.05) is 13.8 Å². The molecule has 114 valence electrons. The van der Waals surface area contributed by atoms with E-state index >= 15 is 0 Å². The van der Waals surface area contributed by atoms with E-state index < -0.39 is 0 Å². The Morgan fingerprint density at radius 2 is 2.24 bits per heavy atom. The zero-order valence-corrected chi connectivity index (χ0v) is 13.1. The highest BCUT2D eigenvalue weighted by molar-refractivity contribution is 6.28. The summed E-state index contributed by atoms with van der Waals surface area (Å²) >= 11 is 6.07. The quantitative estimate of drug-likeness (QED) is 0.863. The molecule has 2 aliphatic heterocycles. The summed E-state index contributed by atoms with van der Waals surface area (Å²) in [4.78, 5) is 22.9. The summed E-state index contributed by atoms with van der Waals surface area (Å²) in [5.74, 6) is 1.12. The number of hydrogen-bond donors (Lipinski definition) is 1. The van der Waals surface area contributed by atoms with Crippen molar-refractivity contribution in [3.63, 3.8) is 0 Å². The third-order valence-corrected chi connectivity index (χ3v) is 4.13. The lowest BCUT2D eigenvalue weighted by atomic mass is 10.0. The lowest BCUT2D eigenvalue weighted by Gasteiger charge is -2.32. The van der Waals surface area contributed by atoms with Crippen molar-refractivity contribution in [1.82, 2.24) is 9.97 Å². The average molecular weight is 311 g/mol. The normalized spacial score (nSPS) is 24.0. The number of halogens is 1. The molecule has 3 rings (SSSR count). The van der Waals surface area contributed by atoms with Gasteiger partial charge in [-0.05, 0) is 23.9 Å². The summed E-state index contributed by atoms with van der Waals surface area (Å²) in [6.45, 7) is 4.86. The van der Waals surface area contributed by atoms with Gasteiger partial charge in [0, 0.05) is 20.1 Å². The van der Waals surface area contributed by atoms with Crippen molar-refractivity contribution in [2.75, 3.05) is 23.9 Å². The molecule has 2 aliphatic rings. The second kappa shape index (κ2) is 5.42. The summed E-state index contributed by atoms with van der Waals surface area (Å²) in [5, 5.41) is 3.18. The van der Waals surface area contributed by atoms with Gasteiger partial charge in [0.25, 0.3) is 0 Å². The number of aromatic nitrogens is 2. The topological polar surface area (TPSA) is 67.3 Å². The number of ether oxygens (including phenoxy) is 1. The fourth-order valence-electron chi connectivity index (χ4n) is 2.99. The maximum atomic E-state index is 12.3. The summed E-state index contributed by atoms with van der Waals surface area (Å²) in [6.07, 6.45) is 1.45. The number of rotatable bonds is 3. The molecule has 1 fully saturated rings. The zero-order valence-electron chi connectivity index (χ0n) is 12.4. The lowest BCUT2D eigenvalue weighted by molar-refractivity contribution is -0.117. The van der Waals surface area contributed by atoms with Crippen LogP contribution in [0.5, 0.6) is 0 Å².